The predicted molar refractivity (Wildman–Crippen MR) is 120 cm³/mol. The monoisotopic (exact) mass is 432 g/mol. The molecule has 7 nitrogen and oxygen atoms in total. The van der Waals surface area contributed by atoms with Crippen molar-refractivity contribution in [1.82, 2.24) is 19.9 Å². The zero-order chi connectivity index (χ0) is 21.2. The minimum absolute atomic E-state index is 0.203. The fraction of sp³-hybridized carbons (Fsp3) is 0.174. The average Bonchev–Trinajstić information content (AvgIpc) is 3.52. The zero-order valence-electron chi connectivity index (χ0n) is 16.9. The lowest BCUT2D eigenvalue weighted by Gasteiger charge is -2.08. The first kappa shape index (κ1) is 19.5. The third-order valence-electron chi connectivity index (χ3n) is 5.02. The smallest absolute Gasteiger partial charge is 0.271 e. The van der Waals surface area contributed by atoms with Gasteiger partial charge in [-0.25, -0.2) is 9.97 Å². The van der Waals surface area contributed by atoms with Gasteiger partial charge in [0.25, 0.3) is 5.91 Å². The van der Waals surface area contributed by atoms with E-state index in [0.29, 0.717) is 30.3 Å². The molecule has 3 heterocycles. The van der Waals surface area contributed by atoms with Crippen LogP contribution in [0.25, 0.3) is 32.7 Å². The predicted octanol–water partition coefficient (Wildman–Crippen LogP) is 4.48. The van der Waals surface area contributed by atoms with Crippen LogP contribution in [0.1, 0.15) is 16.4 Å². The molecule has 0 saturated carbocycles. The minimum Gasteiger partial charge on any atom is -0.439 e. The Kier molecular flexibility index (Phi) is 5.23. The van der Waals surface area contributed by atoms with Crippen LogP contribution >= 0.6 is 11.3 Å². The first-order valence-corrected chi connectivity index (χ1v) is 10.8. The summed E-state index contributed by atoms with van der Waals surface area (Å²) < 4.78 is 13.1. The molecule has 2 aromatic carbocycles. The van der Waals surface area contributed by atoms with Gasteiger partial charge in [0.15, 0.2) is 5.58 Å². The molecule has 0 bridgehead atoms. The van der Waals surface area contributed by atoms with Crippen molar-refractivity contribution in [2.45, 2.75) is 13.1 Å². The molecule has 1 amide bonds. The standard InChI is InChI=1S/C23H20N4O3S/c1-29-11-10-27-18-8-4-2-6-15(18)12-19(27)23-26-17(14-31-23)22(28)24-13-21-25-16-7-3-5-9-20(16)30-21/h2-9,12,14H,10-11,13H2,1H3,(H,24,28). The Hall–Kier alpha value is -3.49. The van der Waals surface area contributed by atoms with Crippen molar-refractivity contribution in [2.24, 2.45) is 0 Å². The van der Waals surface area contributed by atoms with E-state index >= 15 is 0 Å². The molecule has 1 N–H and O–H groups in total. The molecule has 0 saturated heterocycles. The molecule has 0 aliphatic rings. The van der Waals surface area contributed by atoms with Crippen LogP contribution in [-0.4, -0.2) is 34.2 Å². The van der Waals surface area contributed by atoms with Gasteiger partial charge < -0.3 is 19.0 Å². The summed E-state index contributed by atoms with van der Waals surface area (Å²) in [5.74, 6) is 0.203. The highest BCUT2D eigenvalue weighted by Crippen LogP contribution is 2.30. The Morgan fingerprint density at radius 1 is 1.16 bits per heavy atom. The fourth-order valence-electron chi connectivity index (χ4n) is 3.55. The normalized spacial score (nSPS) is 11.4. The highest BCUT2D eigenvalue weighted by molar-refractivity contribution is 7.13. The van der Waals surface area contributed by atoms with Gasteiger partial charge in [-0.1, -0.05) is 30.3 Å². The number of nitrogens with one attached hydrogen (secondary N) is 1. The maximum absolute atomic E-state index is 12.6. The number of methoxy groups -OCH3 is 1. The summed E-state index contributed by atoms with van der Waals surface area (Å²) >= 11 is 1.45. The number of aromatic nitrogens is 3. The van der Waals surface area contributed by atoms with Crippen molar-refractivity contribution in [1.29, 1.82) is 0 Å². The van der Waals surface area contributed by atoms with Gasteiger partial charge in [0.2, 0.25) is 5.89 Å². The molecule has 31 heavy (non-hydrogen) atoms. The number of hydrogen-bond donors (Lipinski definition) is 1. The molecule has 5 rings (SSSR count). The van der Waals surface area contributed by atoms with Gasteiger partial charge in [0, 0.05) is 29.9 Å². The number of ether oxygens (including phenoxy) is 1. The Balaban J connectivity index is 1.36. The number of rotatable bonds is 7. The SMILES string of the molecule is COCCn1c(-c2nc(C(=O)NCc3nc4ccccc4o3)cs2)cc2ccccc21. The maximum Gasteiger partial charge on any atom is 0.271 e. The number of amides is 1. The lowest BCUT2D eigenvalue weighted by molar-refractivity contribution is 0.0943. The van der Waals surface area contributed by atoms with Crippen LogP contribution in [0.5, 0.6) is 0 Å². The van der Waals surface area contributed by atoms with Crippen LogP contribution in [0.3, 0.4) is 0 Å². The maximum atomic E-state index is 12.6. The largest absolute Gasteiger partial charge is 0.439 e. The second-order valence-corrected chi connectivity index (χ2v) is 7.89. The summed E-state index contributed by atoms with van der Waals surface area (Å²) in [6.45, 7) is 1.50. The Bertz CT molecular complexity index is 1330. The molecule has 0 aliphatic carbocycles. The highest BCUT2D eigenvalue weighted by Gasteiger charge is 2.17. The van der Waals surface area contributed by atoms with E-state index in [9.17, 15) is 4.79 Å². The van der Waals surface area contributed by atoms with Crippen LogP contribution < -0.4 is 5.32 Å². The summed E-state index contributed by atoms with van der Waals surface area (Å²) in [4.78, 5) is 21.6. The number of carbonyl (C=O) groups is 1. The summed E-state index contributed by atoms with van der Waals surface area (Å²) in [7, 11) is 1.69. The van der Waals surface area contributed by atoms with E-state index in [0.717, 1.165) is 27.1 Å². The molecule has 3 aromatic heterocycles. The van der Waals surface area contributed by atoms with E-state index in [-0.39, 0.29) is 12.5 Å². The van der Waals surface area contributed by atoms with Crippen LogP contribution in [-0.2, 0) is 17.8 Å². The van der Waals surface area contributed by atoms with E-state index in [1.54, 1.807) is 12.5 Å². The first-order chi connectivity index (χ1) is 15.2. The molecule has 5 aromatic rings. The summed E-state index contributed by atoms with van der Waals surface area (Å²) in [6, 6.07) is 17.8. The number of thiazole rings is 1. The van der Waals surface area contributed by atoms with E-state index in [1.165, 1.54) is 11.3 Å². The second kappa shape index (κ2) is 8.33. The topological polar surface area (TPSA) is 82.2 Å². The summed E-state index contributed by atoms with van der Waals surface area (Å²) in [5.41, 5.74) is 3.94. The number of para-hydroxylation sites is 3. The number of carbonyl (C=O) groups excluding carboxylic acids is 1. The number of benzene rings is 2. The van der Waals surface area contributed by atoms with Crippen molar-refractivity contribution < 1.29 is 13.9 Å². The Labute approximate surface area is 182 Å². The zero-order valence-corrected chi connectivity index (χ0v) is 17.7. The molecule has 0 spiro atoms. The lowest BCUT2D eigenvalue weighted by atomic mass is 10.2. The molecule has 0 aliphatic heterocycles. The van der Waals surface area contributed by atoms with Gasteiger partial charge in [-0.15, -0.1) is 11.3 Å². The highest BCUT2D eigenvalue weighted by atomic mass is 32.1. The second-order valence-electron chi connectivity index (χ2n) is 7.03. The van der Waals surface area contributed by atoms with E-state index < -0.39 is 0 Å². The van der Waals surface area contributed by atoms with E-state index in [4.69, 9.17) is 9.15 Å². The molecule has 8 heteroatoms. The van der Waals surface area contributed by atoms with Crippen molar-refractivity contribution in [3.05, 3.63) is 71.6 Å². The van der Waals surface area contributed by atoms with Crippen LogP contribution in [0, 0.1) is 0 Å². The van der Waals surface area contributed by atoms with Gasteiger partial charge in [0.1, 0.15) is 16.2 Å². The van der Waals surface area contributed by atoms with Gasteiger partial charge in [-0.05, 0) is 24.3 Å². The molecule has 156 valence electrons. The number of nitrogens with zero attached hydrogens (tertiary/aromatic N) is 3. The average molecular weight is 433 g/mol. The van der Waals surface area contributed by atoms with Crippen molar-refractivity contribution >= 4 is 39.2 Å². The van der Waals surface area contributed by atoms with E-state index in [2.05, 4.69) is 38.1 Å². The van der Waals surface area contributed by atoms with Gasteiger partial charge in [-0.2, -0.15) is 0 Å². The van der Waals surface area contributed by atoms with E-state index in [1.807, 2.05) is 36.4 Å². The number of oxazole rings is 1. The van der Waals surface area contributed by atoms with Crippen molar-refractivity contribution in [3.63, 3.8) is 0 Å². The van der Waals surface area contributed by atoms with Crippen LogP contribution in [0.2, 0.25) is 0 Å². The van der Waals surface area contributed by atoms with Gasteiger partial charge in [-0.3, -0.25) is 4.79 Å². The molecule has 0 unspecified atom stereocenters. The molecular weight excluding hydrogens is 412 g/mol. The summed E-state index contributed by atoms with van der Waals surface area (Å²) in [5, 5.41) is 6.53. The van der Waals surface area contributed by atoms with Crippen LogP contribution in [0.4, 0.5) is 0 Å². The van der Waals surface area contributed by atoms with Crippen LogP contribution in [0.15, 0.2) is 64.4 Å². The number of hydrogen-bond acceptors (Lipinski definition) is 6. The molecule has 0 radical (unpaired) electrons. The third kappa shape index (κ3) is 3.83. The Morgan fingerprint density at radius 3 is 2.87 bits per heavy atom. The quantitative estimate of drug-likeness (QED) is 0.410. The first-order valence-electron chi connectivity index (χ1n) is 9.88. The van der Waals surface area contributed by atoms with Crippen molar-refractivity contribution in [2.75, 3.05) is 13.7 Å². The van der Waals surface area contributed by atoms with Gasteiger partial charge in [0.05, 0.1) is 18.8 Å². The Morgan fingerprint density at radius 2 is 2.00 bits per heavy atom. The number of fused-ring (bicyclic) bond motifs is 2. The fourth-order valence-corrected chi connectivity index (χ4v) is 4.37. The lowest BCUT2D eigenvalue weighted by Crippen LogP contribution is -2.23. The third-order valence-corrected chi connectivity index (χ3v) is 5.89. The molecular formula is C23H20N4O3S. The van der Waals surface area contributed by atoms with Crippen molar-refractivity contribution in [3.8, 4) is 10.7 Å². The molecule has 0 fully saturated rings. The molecule has 0 atom stereocenters. The minimum atomic E-state index is -0.260. The van der Waals surface area contributed by atoms with Gasteiger partial charge >= 0.3 is 0 Å². The summed E-state index contributed by atoms with van der Waals surface area (Å²) in [6.07, 6.45) is 0.